The van der Waals surface area contributed by atoms with E-state index in [2.05, 4.69) is 32.0 Å². The Kier molecular flexibility index (Phi) is 8.60. The summed E-state index contributed by atoms with van der Waals surface area (Å²) in [6.07, 6.45) is 4.09. The van der Waals surface area contributed by atoms with Gasteiger partial charge in [-0.15, -0.1) is 0 Å². The molecule has 2 aliphatic rings. The van der Waals surface area contributed by atoms with Gasteiger partial charge in [-0.1, -0.05) is 0 Å². The molecule has 0 radical (unpaired) electrons. The number of carbonyl (C=O) groups excluding carboxylic acids is 3. The number of pyridine rings is 2. The van der Waals surface area contributed by atoms with Crippen LogP contribution >= 0.6 is 0 Å². The van der Waals surface area contributed by atoms with Crippen LogP contribution in [0.4, 0.5) is 22.1 Å². The summed E-state index contributed by atoms with van der Waals surface area (Å²) in [5, 5.41) is 18.0. The van der Waals surface area contributed by atoms with Crippen LogP contribution in [0.3, 0.4) is 0 Å². The van der Waals surface area contributed by atoms with Gasteiger partial charge in [-0.2, -0.15) is 5.26 Å². The zero-order chi connectivity index (χ0) is 26.2. The van der Waals surface area contributed by atoms with Gasteiger partial charge in [0.05, 0.1) is 30.4 Å². The Labute approximate surface area is 214 Å². The van der Waals surface area contributed by atoms with Crippen LogP contribution in [-0.4, -0.2) is 68.2 Å². The van der Waals surface area contributed by atoms with E-state index in [0.717, 1.165) is 5.56 Å². The molecule has 3 amide bonds. The average molecular weight is 508 g/mol. The van der Waals surface area contributed by atoms with E-state index in [1.807, 2.05) is 6.07 Å². The molecule has 12 nitrogen and oxygen atoms in total. The van der Waals surface area contributed by atoms with E-state index in [4.69, 9.17) is 9.47 Å². The molecule has 0 unspecified atom stereocenters. The molecule has 1 saturated heterocycles. The molecule has 2 aromatic rings. The normalized spacial score (nSPS) is 16.4. The standard InChI is InChI=1S/C25H29N7O5/c1-36-8-5-27-20-10-22(28-13-19(20)11-26)31-25(35)32-6-2-3-16-9-18(21(14-33)30-23(16)32)12-29-24(34)17-4-7-37-15-17/h9-10,13-14,17H,2-8,12,15H2,1H3,(H,29,34)(H2,27,28,31,35)/t17-/m0/s1. The van der Waals surface area contributed by atoms with Crippen LogP contribution in [0.5, 0.6) is 0 Å². The minimum Gasteiger partial charge on any atom is -0.383 e. The maximum absolute atomic E-state index is 13.2. The SMILES string of the molecule is COCCNc1cc(NC(=O)N2CCCc3cc(CNC(=O)[C@H]4CCOC4)c(C=O)nc32)ncc1C#N. The number of nitrogens with zero attached hydrogens (tertiary/aromatic N) is 4. The Balaban J connectivity index is 1.49. The number of hydrogen-bond donors (Lipinski definition) is 3. The van der Waals surface area contributed by atoms with Gasteiger partial charge in [0.2, 0.25) is 5.91 Å². The van der Waals surface area contributed by atoms with E-state index in [9.17, 15) is 19.6 Å². The summed E-state index contributed by atoms with van der Waals surface area (Å²) in [5.74, 6) is 0.370. The van der Waals surface area contributed by atoms with Crippen molar-refractivity contribution in [3.63, 3.8) is 0 Å². The lowest BCUT2D eigenvalue weighted by molar-refractivity contribution is -0.125. The summed E-state index contributed by atoms with van der Waals surface area (Å²) >= 11 is 0. The molecule has 0 aromatic carbocycles. The number of fused-ring (bicyclic) bond motifs is 1. The van der Waals surface area contributed by atoms with Gasteiger partial charge in [0.1, 0.15) is 23.4 Å². The monoisotopic (exact) mass is 507 g/mol. The first-order valence-electron chi connectivity index (χ1n) is 12.1. The van der Waals surface area contributed by atoms with E-state index in [1.54, 1.807) is 13.2 Å². The number of nitriles is 1. The fourth-order valence-corrected chi connectivity index (χ4v) is 4.29. The maximum Gasteiger partial charge on any atom is 0.328 e. The summed E-state index contributed by atoms with van der Waals surface area (Å²) in [7, 11) is 1.58. The Morgan fingerprint density at radius 3 is 2.97 bits per heavy atom. The van der Waals surface area contributed by atoms with Crippen LogP contribution in [0.15, 0.2) is 18.3 Å². The molecule has 1 atom stereocenters. The first-order chi connectivity index (χ1) is 18.0. The number of rotatable bonds is 9. The van der Waals surface area contributed by atoms with Gasteiger partial charge in [0.15, 0.2) is 6.29 Å². The molecule has 0 saturated carbocycles. The van der Waals surface area contributed by atoms with Crippen molar-refractivity contribution in [1.82, 2.24) is 15.3 Å². The van der Waals surface area contributed by atoms with Crippen molar-refractivity contribution in [3.8, 4) is 6.07 Å². The van der Waals surface area contributed by atoms with Crippen molar-refractivity contribution < 1.29 is 23.9 Å². The second kappa shape index (κ2) is 12.2. The number of urea groups is 1. The van der Waals surface area contributed by atoms with Crippen molar-refractivity contribution in [1.29, 1.82) is 5.26 Å². The lowest BCUT2D eigenvalue weighted by Gasteiger charge is -2.29. The third kappa shape index (κ3) is 6.19. The largest absolute Gasteiger partial charge is 0.383 e. The molecule has 1 fully saturated rings. The van der Waals surface area contributed by atoms with E-state index in [1.165, 1.54) is 11.1 Å². The van der Waals surface area contributed by atoms with E-state index < -0.39 is 6.03 Å². The van der Waals surface area contributed by atoms with Crippen molar-refractivity contribution in [2.75, 3.05) is 55.6 Å². The van der Waals surface area contributed by atoms with Crippen molar-refractivity contribution in [2.24, 2.45) is 5.92 Å². The van der Waals surface area contributed by atoms with Gasteiger partial charge < -0.3 is 20.1 Å². The topological polar surface area (TPSA) is 159 Å². The minimum absolute atomic E-state index is 0.112. The van der Waals surface area contributed by atoms with Crippen LogP contribution in [0.2, 0.25) is 0 Å². The number of amides is 3. The summed E-state index contributed by atoms with van der Waals surface area (Å²) in [6.45, 7) is 2.49. The van der Waals surface area contributed by atoms with Crippen molar-refractivity contribution in [3.05, 3.63) is 40.7 Å². The minimum atomic E-state index is -0.451. The maximum atomic E-state index is 13.2. The van der Waals surface area contributed by atoms with E-state index in [-0.39, 0.29) is 29.9 Å². The van der Waals surface area contributed by atoms with Crippen LogP contribution in [0.25, 0.3) is 0 Å². The Bertz CT molecular complexity index is 1210. The lowest BCUT2D eigenvalue weighted by atomic mass is 10.0. The number of methoxy groups -OCH3 is 1. The first-order valence-corrected chi connectivity index (χ1v) is 12.1. The van der Waals surface area contributed by atoms with Crippen LogP contribution < -0.4 is 20.9 Å². The number of ether oxygens (including phenoxy) is 2. The van der Waals surface area contributed by atoms with Gasteiger partial charge in [0, 0.05) is 51.2 Å². The zero-order valence-electron chi connectivity index (χ0n) is 20.6. The molecular formula is C25H29N7O5. The Morgan fingerprint density at radius 1 is 1.38 bits per heavy atom. The molecule has 3 N–H and O–H groups in total. The van der Waals surface area contributed by atoms with Gasteiger partial charge in [-0.05, 0) is 30.9 Å². The van der Waals surface area contributed by atoms with Crippen molar-refractivity contribution >= 4 is 35.5 Å². The molecule has 4 rings (SSSR count). The highest BCUT2D eigenvalue weighted by molar-refractivity contribution is 6.01. The van der Waals surface area contributed by atoms with E-state index >= 15 is 0 Å². The molecule has 194 valence electrons. The molecule has 4 heterocycles. The Hall–Kier alpha value is -4.08. The highest BCUT2D eigenvalue weighted by Gasteiger charge is 2.27. The molecule has 0 spiro atoms. The van der Waals surface area contributed by atoms with Gasteiger partial charge in [-0.25, -0.2) is 14.8 Å². The second-order valence-electron chi connectivity index (χ2n) is 8.74. The fraction of sp³-hybridized carbons (Fsp3) is 0.440. The number of aromatic nitrogens is 2. The molecule has 0 aliphatic carbocycles. The molecule has 37 heavy (non-hydrogen) atoms. The highest BCUT2D eigenvalue weighted by Crippen LogP contribution is 2.28. The fourth-order valence-electron chi connectivity index (χ4n) is 4.29. The van der Waals surface area contributed by atoms with Crippen LogP contribution in [0, 0.1) is 17.2 Å². The summed E-state index contributed by atoms with van der Waals surface area (Å²) in [4.78, 5) is 47.5. The number of anilines is 3. The Morgan fingerprint density at radius 2 is 2.24 bits per heavy atom. The second-order valence-corrected chi connectivity index (χ2v) is 8.74. The first kappa shape index (κ1) is 26.0. The van der Waals surface area contributed by atoms with Crippen LogP contribution in [-0.2, 0) is 27.2 Å². The smallest absolute Gasteiger partial charge is 0.328 e. The third-order valence-electron chi connectivity index (χ3n) is 6.27. The number of aldehydes is 1. The van der Waals surface area contributed by atoms with Gasteiger partial charge in [0.25, 0.3) is 0 Å². The number of carbonyl (C=O) groups is 3. The molecular weight excluding hydrogens is 478 g/mol. The number of aryl methyl sites for hydroxylation is 1. The average Bonchev–Trinajstić information content (AvgIpc) is 3.46. The number of hydrogen-bond acceptors (Lipinski definition) is 9. The molecule has 12 heteroatoms. The molecule has 2 aliphatic heterocycles. The predicted octanol–water partition coefficient (Wildman–Crippen LogP) is 1.86. The third-order valence-corrected chi connectivity index (χ3v) is 6.27. The van der Waals surface area contributed by atoms with Crippen molar-refractivity contribution in [2.45, 2.75) is 25.8 Å². The van der Waals surface area contributed by atoms with Gasteiger partial charge in [-0.3, -0.25) is 19.8 Å². The highest BCUT2D eigenvalue weighted by atomic mass is 16.5. The number of nitrogens with one attached hydrogen (secondary N) is 3. The van der Waals surface area contributed by atoms with Crippen LogP contribution in [0.1, 0.15) is 40.0 Å². The molecule has 0 bridgehead atoms. The summed E-state index contributed by atoms with van der Waals surface area (Å²) in [6, 6.07) is 5.03. The van der Waals surface area contributed by atoms with E-state index in [0.29, 0.717) is 81.1 Å². The zero-order valence-corrected chi connectivity index (χ0v) is 20.6. The van der Waals surface area contributed by atoms with Gasteiger partial charge >= 0.3 is 6.03 Å². The predicted molar refractivity (Wildman–Crippen MR) is 134 cm³/mol. The lowest BCUT2D eigenvalue weighted by Crippen LogP contribution is -2.40. The quantitative estimate of drug-likeness (QED) is 0.340. The molecule has 2 aromatic heterocycles. The summed E-state index contributed by atoms with van der Waals surface area (Å²) < 4.78 is 10.3. The summed E-state index contributed by atoms with van der Waals surface area (Å²) in [5.41, 5.74) is 2.46.